The molecule has 0 heterocycles. The molecule has 0 bridgehead atoms. The highest BCUT2D eigenvalue weighted by molar-refractivity contribution is 6.66. The first kappa shape index (κ1) is 10.4. The molecule has 0 saturated heterocycles. The first-order valence-corrected chi connectivity index (χ1v) is 5.70. The van der Waals surface area contributed by atoms with E-state index in [1.807, 2.05) is 6.55 Å². The van der Waals surface area contributed by atoms with Crippen LogP contribution in [-0.2, 0) is 8.85 Å². The lowest BCUT2D eigenvalue weighted by Gasteiger charge is -2.22. The molecular formula is C5H14N2O3Si. The number of amides is 2. The van der Waals surface area contributed by atoms with Crippen molar-refractivity contribution in [3.8, 4) is 0 Å². The minimum absolute atomic E-state index is 0.370. The minimum Gasteiger partial charge on any atom is -0.397 e. The number of nitrogens with two attached hydrogens (primary N) is 1. The van der Waals surface area contributed by atoms with Gasteiger partial charge in [0.1, 0.15) is 0 Å². The van der Waals surface area contributed by atoms with Crippen LogP contribution in [0.3, 0.4) is 0 Å². The van der Waals surface area contributed by atoms with Gasteiger partial charge in [-0.3, -0.25) is 0 Å². The lowest BCUT2D eigenvalue weighted by Crippen LogP contribution is -2.49. The van der Waals surface area contributed by atoms with Gasteiger partial charge in [0.2, 0.25) is 0 Å². The number of urea groups is 1. The minimum atomic E-state index is -2.17. The molecule has 0 unspecified atom stereocenters. The molecule has 0 aromatic rings. The Bertz CT molecular complexity index is 138. The Kier molecular flexibility index (Phi) is 4.09. The van der Waals surface area contributed by atoms with Gasteiger partial charge < -0.3 is 19.9 Å². The smallest absolute Gasteiger partial charge is 0.354 e. The summed E-state index contributed by atoms with van der Waals surface area (Å²) in [6.07, 6.45) is 0.370. The normalized spacial score (nSPS) is 11.2. The van der Waals surface area contributed by atoms with Crippen molar-refractivity contribution >= 4 is 14.6 Å². The summed E-state index contributed by atoms with van der Waals surface area (Å²) in [4.78, 5) is 10.3. The van der Waals surface area contributed by atoms with E-state index in [-0.39, 0.29) is 0 Å². The number of hydrogen-bond acceptors (Lipinski definition) is 3. The van der Waals surface area contributed by atoms with Gasteiger partial charge in [-0.25, -0.2) is 4.79 Å². The van der Waals surface area contributed by atoms with Gasteiger partial charge in [0.05, 0.1) is 6.17 Å². The topological polar surface area (TPSA) is 73.6 Å². The van der Waals surface area contributed by atoms with E-state index < -0.39 is 14.6 Å². The van der Waals surface area contributed by atoms with E-state index >= 15 is 0 Å². The summed E-state index contributed by atoms with van der Waals surface area (Å²) < 4.78 is 10.2. The maximum Gasteiger partial charge on any atom is 0.354 e. The zero-order valence-corrected chi connectivity index (χ0v) is 8.01. The fourth-order valence-corrected chi connectivity index (χ4v) is 1.43. The van der Waals surface area contributed by atoms with Crippen molar-refractivity contribution in [1.82, 2.24) is 5.32 Å². The van der Waals surface area contributed by atoms with Crippen molar-refractivity contribution in [2.45, 2.75) is 6.55 Å². The van der Waals surface area contributed by atoms with E-state index in [4.69, 9.17) is 14.6 Å². The van der Waals surface area contributed by atoms with E-state index in [0.29, 0.717) is 6.17 Å². The number of carbonyl (C=O) groups is 1. The van der Waals surface area contributed by atoms with Gasteiger partial charge in [0.15, 0.2) is 0 Å². The Labute approximate surface area is 67.1 Å². The third-order valence-corrected chi connectivity index (χ3v) is 3.99. The van der Waals surface area contributed by atoms with Crippen LogP contribution in [0.1, 0.15) is 0 Å². The summed E-state index contributed by atoms with van der Waals surface area (Å²) in [5, 5.41) is 2.44. The molecule has 2 amide bonds. The van der Waals surface area contributed by atoms with E-state index in [0.717, 1.165) is 0 Å². The Morgan fingerprint density at radius 2 is 2.00 bits per heavy atom. The molecule has 6 heteroatoms. The van der Waals surface area contributed by atoms with E-state index in [1.54, 1.807) is 14.2 Å². The molecule has 0 spiro atoms. The molecule has 0 saturated carbocycles. The second kappa shape index (κ2) is 4.32. The summed E-state index contributed by atoms with van der Waals surface area (Å²) in [5.41, 5.74) is 4.87. The van der Waals surface area contributed by atoms with Crippen molar-refractivity contribution < 1.29 is 13.6 Å². The highest BCUT2D eigenvalue weighted by atomic mass is 28.4. The fraction of sp³-hybridized carbons (Fsp3) is 0.800. The second-order valence-electron chi connectivity index (χ2n) is 2.26. The van der Waals surface area contributed by atoms with Crippen LogP contribution >= 0.6 is 0 Å². The lowest BCUT2D eigenvalue weighted by molar-refractivity contribution is 0.236. The third kappa shape index (κ3) is 3.97. The van der Waals surface area contributed by atoms with E-state index in [9.17, 15) is 4.79 Å². The van der Waals surface area contributed by atoms with Crippen molar-refractivity contribution in [2.75, 3.05) is 20.4 Å². The fourth-order valence-electron chi connectivity index (χ4n) is 0.475. The van der Waals surface area contributed by atoms with Crippen LogP contribution in [0.25, 0.3) is 0 Å². The Morgan fingerprint density at radius 1 is 1.55 bits per heavy atom. The van der Waals surface area contributed by atoms with Crippen LogP contribution in [0.2, 0.25) is 6.55 Å². The van der Waals surface area contributed by atoms with E-state index in [1.165, 1.54) is 0 Å². The van der Waals surface area contributed by atoms with Crippen LogP contribution in [0.15, 0.2) is 0 Å². The predicted octanol–water partition coefficient (Wildman–Crippen LogP) is -0.441. The predicted molar refractivity (Wildman–Crippen MR) is 43.2 cm³/mol. The van der Waals surface area contributed by atoms with Crippen molar-refractivity contribution in [1.29, 1.82) is 0 Å². The van der Waals surface area contributed by atoms with Crippen molar-refractivity contribution in [3.05, 3.63) is 0 Å². The van der Waals surface area contributed by atoms with Crippen LogP contribution in [-0.4, -0.2) is 35.0 Å². The molecule has 3 N–H and O–H groups in total. The number of nitrogens with one attached hydrogen (secondary N) is 1. The summed E-state index contributed by atoms with van der Waals surface area (Å²) in [5.74, 6) is 0. The molecule has 0 aliphatic heterocycles. The molecule has 0 aromatic heterocycles. The molecule has 0 radical (unpaired) electrons. The Balaban J connectivity index is 3.78. The maximum atomic E-state index is 10.3. The van der Waals surface area contributed by atoms with Gasteiger partial charge in [-0.1, -0.05) is 0 Å². The van der Waals surface area contributed by atoms with Gasteiger partial charge in [0, 0.05) is 14.2 Å². The molecule has 0 aliphatic rings. The number of hydrogen-bond donors (Lipinski definition) is 2. The van der Waals surface area contributed by atoms with Crippen molar-refractivity contribution in [2.24, 2.45) is 5.73 Å². The van der Waals surface area contributed by atoms with Gasteiger partial charge in [-0.15, -0.1) is 0 Å². The SMILES string of the molecule is CO[Si](C)(CNC(N)=O)OC. The third-order valence-electron chi connectivity index (χ3n) is 1.45. The molecule has 0 fully saturated rings. The largest absolute Gasteiger partial charge is 0.397 e. The summed E-state index contributed by atoms with van der Waals surface area (Å²) in [6, 6.07) is -0.558. The average Bonchev–Trinajstić information content (AvgIpc) is 2.00. The first-order valence-electron chi connectivity index (χ1n) is 3.17. The van der Waals surface area contributed by atoms with E-state index in [2.05, 4.69) is 5.32 Å². The summed E-state index contributed by atoms with van der Waals surface area (Å²) >= 11 is 0. The average molecular weight is 178 g/mol. The summed E-state index contributed by atoms with van der Waals surface area (Å²) in [7, 11) is 0.936. The quantitative estimate of drug-likeness (QED) is 0.573. The molecule has 5 nitrogen and oxygen atoms in total. The zero-order chi connectivity index (χ0) is 8.91. The molecule has 66 valence electrons. The second-order valence-corrected chi connectivity index (χ2v) is 5.70. The molecule has 0 aliphatic carbocycles. The number of rotatable bonds is 4. The molecule has 0 aromatic carbocycles. The molecule has 0 rings (SSSR count). The van der Waals surface area contributed by atoms with Gasteiger partial charge >= 0.3 is 14.6 Å². The number of carbonyl (C=O) groups excluding carboxylic acids is 1. The highest BCUT2D eigenvalue weighted by Crippen LogP contribution is 2.00. The first-order chi connectivity index (χ1) is 5.04. The standard InChI is InChI=1S/C5H14N2O3Si/c1-9-11(3,10-2)4-7-5(6)8/h4H2,1-3H3,(H3,6,7,8). The van der Waals surface area contributed by atoms with Gasteiger partial charge in [0.25, 0.3) is 0 Å². The van der Waals surface area contributed by atoms with Gasteiger partial charge in [-0.2, -0.15) is 0 Å². The van der Waals surface area contributed by atoms with Crippen molar-refractivity contribution in [3.63, 3.8) is 0 Å². The van der Waals surface area contributed by atoms with Crippen LogP contribution in [0.5, 0.6) is 0 Å². The van der Waals surface area contributed by atoms with Crippen LogP contribution < -0.4 is 11.1 Å². The Morgan fingerprint density at radius 3 is 2.27 bits per heavy atom. The summed E-state index contributed by atoms with van der Waals surface area (Å²) in [6.45, 7) is 1.84. The van der Waals surface area contributed by atoms with Crippen LogP contribution in [0, 0.1) is 0 Å². The molecular weight excluding hydrogens is 164 g/mol. The maximum absolute atomic E-state index is 10.3. The van der Waals surface area contributed by atoms with Crippen LogP contribution in [0.4, 0.5) is 4.79 Å². The monoisotopic (exact) mass is 178 g/mol. The lowest BCUT2D eigenvalue weighted by atomic mass is 11.0. The molecule has 11 heavy (non-hydrogen) atoms. The highest BCUT2D eigenvalue weighted by Gasteiger charge is 2.28. The molecule has 0 atom stereocenters. The number of primary amides is 1. The zero-order valence-electron chi connectivity index (χ0n) is 7.01. The Hall–Kier alpha value is -0.593. The van der Waals surface area contributed by atoms with Gasteiger partial charge in [-0.05, 0) is 6.55 Å².